The van der Waals surface area contributed by atoms with Crippen LogP contribution in [-0.2, 0) is 79.6 Å². The lowest BCUT2D eigenvalue weighted by atomic mass is 9.87. The molecule has 0 aliphatic carbocycles. The van der Waals surface area contributed by atoms with Gasteiger partial charge in [-0.25, -0.2) is 18.4 Å². The average Bonchev–Trinajstić information content (AvgIpc) is 3.65. The number of hydrogen-bond donors (Lipinski definition) is 1. The zero-order valence-corrected chi connectivity index (χ0v) is 51.5. The Labute approximate surface area is 490 Å². The quantitative estimate of drug-likeness (QED) is 0.0424. The fourth-order valence-electron chi connectivity index (χ4n) is 10.7. The fraction of sp³-hybridized carbons (Fsp3) is 0.683. The second-order valence-corrected chi connectivity index (χ2v) is 24.7. The van der Waals surface area contributed by atoms with E-state index in [2.05, 4.69) is 5.32 Å². The van der Waals surface area contributed by atoms with E-state index < -0.39 is 114 Å². The number of rotatable bonds is 32. The fourth-order valence-corrected chi connectivity index (χ4v) is 10.7. The molecule has 4 rings (SSSR count). The van der Waals surface area contributed by atoms with Crippen molar-refractivity contribution in [3.8, 4) is 0 Å². The Balaban J connectivity index is 1.61. The third-order valence-electron chi connectivity index (χ3n) is 15.5. The van der Waals surface area contributed by atoms with E-state index in [1.807, 2.05) is 76.2 Å². The van der Waals surface area contributed by atoms with Crippen molar-refractivity contribution in [1.82, 2.24) is 20.0 Å². The van der Waals surface area contributed by atoms with E-state index in [4.69, 9.17) is 28.4 Å². The molecule has 2 aromatic rings. The SMILES string of the molecule is CN[C@@H](CC(C)C)C(=O)O[C@H](C)C(=O)N(C)[C@](C=O)(CO[C@H](Cc1ccc(C2CCOCC2)cc1)C(=O)N(C)[C@@H](CC(C)C)C(=O)O[C@H](C)C(=O)N(C)[C@@H](CC(C)(C)F)C(=O)O[C@@H](C=O)Cc1ccc(C2CCOCC2)cc1)CC(C)(C)F. The first-order chi connectivity index (χ1) is 38.9. The smallest absolute Gasteiger partial charge is 0.329 e. The van der Waals surface area contributed by atoms with E-state index in [-0.39, 0.29) is 37.0 Å². The van der Waals surface area contributed by atoms with Crippen LogP contribution in [-0.4, -0.2) is 184 Å². The maximum Gasteiger partial charge on any atom is 0.329 e. The summed E-state index contributed by atoms with van der Waals surface area (Å²) in [7, 11) is 5.46. The minimum absolute atomic E-state index is 0.0222. The first-order valence-corrected chi connectivity index (χ1v) is 29.3. The number of nitrogens with one attached hydrogen (secondary N) is 1. The molecule has 2 heterocycles. The average molecular weight is 1170 g/mol. The lowest BCUT2D eigenvalue weighted by Gasteiger charge is -2.41. The van der Waals surface area contributed by atoms with Gasteiger partial charge in [-0.05, 0) is 133 Å². The standard InChI is InChI=1S/C63H94F2N4O14/c1-40(2)31-51(66-11)58(75)81-43(6)56(73)69(14)63(38-71,37-62(9,10)65)39-80-54(34-45-17-21-47(22-18-45)49-25-29-79-30-26-49)57(74)67(12)52(32-41(3)4)59(76)82-42(5)55(72)68(13)53(35-61(7,8)64)60(77)83-50(36-70)33-44-15-19-46(20-16-44)48-23-27-78-28-24-48/h15-22,36,38,40-43,48-54,66H,23-35,37,39H2,1-14H3/t42-,43-,50-,51+,52+,53+,54-,63-/m1/s1. The molecule has 0 unspecified atom stereocenters. The van der Waals surface area contributed by atoms with Crippen LogP contribution in [0, 0.1) is 11.8 Å². The normalized spacial score (nSPS) is 17.9. The number of ether oxygens (including phenoxy) is 6. The number of amides is 3. The van der Waals surface area contributed by atoms with Crippen LogP contribution in [0.15, 0.2) is 48.5 Å². The molecule has 20 heteroatoms. The van der Waals surface area contributed by atoms with Gasteiger partial charge in [0.1, 0.15) is 47.4 Å². The van der Waals surface area contributed by atoms with E-state index in [9.17, 15) is 33.6 Å². The molecule has 2 aromatic carbocycles. The van der Waals surface area contributed by atoms with Crippen molar-refractivity contribution in [1.29, 1.82) is 0 Å². The molecule has 0 saturated carbocycles. The molecule has 8 atom stereocenters. The predicted molar refractivity (Wildman–Crippen MR) is 309 cm³/mol. The molecule has 3 amide bonds. The number of aldehydes is 2. The van der Waals surface area contributed by atoms with Gasteiger partial charge in [-0.1, -0.05) is 76.2 Å². The minimum Gasteiger partial charge on any atom is -0.453 e. The molecule has 2 fully saturated rings. The first kappa shape index (κ1) is 69.8. The van der Waals surface area contributed by atoms with E-state index in [1.165, 1.54) is 62.7 Å². The van der Waals surface area contributed by atoms with Crippen molar-refractivity contribution in [3.63, 3.8) is 0 Å². The largest absolute Gasteiger partial charge is 0.453 e. The van der Waals surface area contributed by atoms with Crippen molar-refractivity contribution in [2.75, 3.05) is 61.2 Å². The Bertz CT molecular complexity index is 2430. The first-order valence-electron chi connectivity index (χ1n) is 29.3. The number of alkyl halides is 2. The van der Waals surface area contributed by atoms with Crippen LogP contribution in [0.25, 0.3) is 0 Å². The van der Waals surface area contributed by atoms with Gasteiger partial charge in [-0.15, -0.1) is 0 Å². The summed E-state index contributed by atoms with van der Waals surface area (Å²) >= 11 is 0. The van der Waals surface area contributed by atoms with Crippen molar-refractivity contribution < 1.29 is 75.6 Å². The highest BCUT2D eigenvalue weighted by molar-refractivity contribution is 5.91. The highest BCUT2D eigenvalue weighted by Crippen LogP contribution is 2.32. The number of likely N-dealkylation sites (N-methyl/N-ethyl adjacent to an activating group) is 4. The zero-order chi connectivity index (χ0) is 62.0. The Kier molecular flexibility index (Phi) is 26.9. The molecule has 0 spiro atoms. The summed E-state index contributed by atoms with van der Waals surface area (Å²) < 4.78 is 66.0. The number of carbonyl (C=O) groups excluding carboxylic acids is 8. The molecule has 2 aliphatic rings. The number of benzene rings is 2. The maximum atomic E-state index is 15.9. The molecular weight excluding hydrogens is 1070 g/mol. The van der Waals surface area contributed by atoms with Gasteiger partial charge in [0.2, 0.25) is 0 Å². The van der Waals surface area contributed by atoms with E-state index >= 15 is 13.6 Å². The van der Waals surface area contributed by atoms with Gasteiger partial charge >= 0.3 is 17.9 Å². The van der Waals surface area contributed by atoms with Gasteiger partial charge in [0.15, 0.2) is 24.6 Å². The van der Waals surface area contributed by atoms with Crippen LogP contribution < -0.4 is 5.32 Å². The number of halogens is 2. The third-order valence-corrected chi connectivity index (χ3v) is 15.5. The van der Waals surface area contributed by atoms with Crippen LogP contribution in [0.4, 0.5) is 8.78 Å². The van der Waals surface area contributed by atoms with Crippen LogP contribution in [0.1, 0.15) is 155 Å². The van der Waals surface area contributed by atoms with E-state index in [0.717, 1.165) is 57.1 Å². The molecule has 83 heavy (non-hydrogen) atoms. The summed E-state index contributed by atoms with van der Waals surface area (Å²) in [5.74, 6) is -4.77. The molecule has 1 N–H and O–H groups in total. The molecular formula is C63H94F2N4O14. The lowest BCUT2D eigenvalue weighted by Crippen LogP contribution is -2.60. The minimum atomic E-state index is -2.09. The molecule has 464 valence electrons. The van der Waals surface area contributed by atoms with Crippen LogP contribution in [0.2, 0.25) is 0 Å². The molecule has 0 bridgehead atoms. The summed E-state index contributed by atoms with van der Waals surface area (Å²) in [5.41, 5.74) is -2.61. The van der Waals surface area contributed by atoms with Crippen molar-refractivity contribution >= 4 is 48.2 Å². The second-order valence-electron chi connectivity index (χ2n) is 24.7. The van der Waals surface area contributed by atoms with Gasteiger partial charge in [0.25, 0.3) is 17.7 Å². The highest BCUT2D eigenvalue weighted by atomic mass is 19.1. The summed E-state index contributed by atoms with van der Waals surface area (Å²) in [6, 6.07) is 11.6. The molecule has 2 saturated heterocycles. The van der Waals surface area contributed by atoms with Gasteiger partial charge in [0.05, 0.1) is 6.61 Å². The Hall–Kier alpha value is -5.70. The van der Waals surface area contributed by atoms with Crippen molar-refractivity contribution in [3.05, 3.63) is 70.8 Å². The summed E-state index contributed by atoms with van der Waals surface area (Å²) in [4.78, 5) is 114. The van der Waals surface area contributed by atoms with Gasteiger partial charge in [0, 0.05) is 73.3 Å². The monoisotopic (exact) mass is 1170 g/mol. The number of esters is 3. The summed E-state index contributed by atoms with van der Waals surface area (Å²) in [5, 5.41) is 2.90. The van der Waals surface area contributed by atoms with Crippen LogP contribution >= 0.6 is 0 Å². The van der Waals surface area contributed by atoms with Crippen molar-refractivity contribution in [2.45, 2.75) is 205 Å². The lowest BCUT2D eigenvalue weighted by molar-refractivity contribution is -0.172. The molecule has 2 aliphatic heterocycles. The van der Waals surface area contributed by atoms with Gasteiger partial charge < -0.3 is 53.2 Å². The van der Waals surface area contributed by atoms with E-state index in [0.29, 0.717) is 56.9 Å². The zero-order valence-electron chi connectivity index (χ0n) is 51.5. The Morgan fingerprint density at radius 3 is 1.53 bits per heavy atom. The van der Waals surface area contributed by atoms with Crippen LogP contribution in [0.5, 0.6) is 0 Å². The summed E-state index contributed by atoms with van der Waals surface area (Å²) in [6.07, 6.45) is -2.23. The second kappa shape index (κ2) is 32.0. The van der Waals surface area contributed by atoms with E-state index in [1.54, 1.807) is 7.05 Å². The molecule has 0 aromatic heterocycles. The number of carbonyl (C=O) groups is 8. The molecule has 0 radical (unpaired) electrons. The van der Waals surface area contributed by atoms with Gasteiger partial charge in [-0.2, -0.15) is 0 Å². The van der Waals surface area contributed by atoms with Gasteiger partial charge in [-0.3, -0.25) is 24.0 Å². The Morgan fingerprint density at radius 2 is 1.08 bits per heavy atom. The predicted octanol–water partition coefficient (Wildman–Crippen LogP) is 7.63. The Morgan fingerprint density at radius 1 is 0.627 bits per heavy atom. The highest BCUT2D eigenvalue weighted by Gasteiger charge is 2.47. The maximum absolute atomic E-state index is 15.9. The van der Waals surface area contributed by atoms with Crippen LogP contribution in [0.3, 0.4) is 0 Å². The summed E-state index contributed by atoms with van der Waals surface area (Å²) in [6.45, 7) is 16.9. The third kappa shape index (κ3) is 21.4. The number of nitrogens with zero attached hydrogens (tertiary/aromatic N) is 3. The topological polar surface area (TPSA) is 214 Å². The van der Waals surface area contributed by atoms with Crippen molar-refractivity contribution in [2.24, 2.45) is 11.8 Å². The number of hydrogen-bond acceptors (Lipinski definition) is 15. The molecule has 18 nitrogen and oxygen atoms in total.